The topological polar surface area (TPSA) is 0 Å². The van der Waals surface area contributed by atoms with E-state index in [4.69, 9.17) is 0 Å². The fourth-order valence-corrected chi connectivity index (χ4v) is 13.2. The van der Waals surface area contributed by atoms with Crippen molar-refractivity contribution in [2.24, 2.45) is 5.41 Å². The van der Waals surface area contributed by atoms with E-state index in [0.29, 0.717) is 3.17 Å². The molecule has 0 aliphatic heterocycles. The van der Waals surface area contributed by atoms with Crippen LogP contribution in [0.25, 0.3) is 5.57 Å². The first-order valence-electron chi connectivity index (χ1n) is 10.3. The van der Waals surface area contributed by atoms with Crippen molar-refractivity contribution >= 4 is 5.57 Å². The minimum atomic E-state index is -1.12. The van der Waals surface area contributed by atoms with Crippen LogP contribution >= 0.6 is 0 Å². The molecule has 1 heteroatoms. The van der Waals surface area contributed by atoms with E-state index in [-0.39, 0.29) is 5.41 Å². The van der Waals surface area contributed by atoms with E-state index < -0.39 is 22.9 Å². The summed E-state index contributed by atoms with van der Waals surface area (Å²) >= 11 is -1.12. The van der Waals surface area contributed by atoms with Crippen molar-refractivity contribution in [3.63, 3.8) is 0 Å². The van der Waals surface area contributed by atoms with Crippen molar-refractivity contribution in [3.05, 3.63) is 61.5 Å². The first kappa shape index (κ1) is 20.1. The maximum atomic E-state index is 2.74. The Balaban J connectivity index is 2.12. The second-order valence-electron chi connectivity index (χ2n) is 8.69. The van der Waals surface area contributed by atoms with E-state index in [1.807, 2.05) is 3.33 Å². The van der Waals surface area contributed by atoms with Crippen LogP contribution in [0.15, 0.2) is 50.4 Å². The van der Waals surface area contributed by atoms with E-state index in [0.717, 1.165) is 0 Å². The summed E-state index contributed by atoms with van der Waals surface area (Å²) < 4.78 is 2.22. The third kappa shape index (κ3) is 3.09. The molecule has 26 heavy (non-hydrogen) atoms. The average molecular weight is 513 g/mol. The van der Waals surface area contributed by atoms with Gasteiger partial charge in [0.15, 0.2) is 0 Å². The van der Waals surface area contributed by atoms with Crippen LogP contribution < -0.4 is 0 Å². The molecule has 3 rings (SSSR count). The summed E-state index contributed by atoms with van der Waals surface area (Å²) in [5.74, 6) is 0. The fraction of sp³-hybridized carbons (Fsp3) is 0.520. The molecule has 0 nitrogen and oxygen atoms in total. The number of allylic oxidation sites excluding steroid dienone is 6. The Morgan fingerprint density at radius 2 is 1.62 bits per heavy atom. The first-order chi connectivity index (χ1) is 12.3. The Kier molecular flexibility index (Phi) is 5.69. The monoisotopic (exact) mass is 514 g/mol. The van der Waals surface area contributed by atoms with Gasteiger partial charge in [0.05, 0.1) is 0 Å². The molecule has 0 bridgehead atoms. The Morgan fingerprint density at radius 3 is 2.19 bits per heavy atom. The van der Waals surface area contributed by atoms with Crippen molar-refractivity contribution in [1.82, 2.24) is 0 Å². The fourth-order valence-electron chi connectivity index (χ4n) is 4.92. The molecule has 0 radical (unpaired) electrons. The molecule has 0 amide bonds. The standard InChI is InChI=1S/C15H19.C10H15.Hf/c1-3-7-12-11-13(8-4-2)15-10-6-5-9-14(12)15;1-7-6-10(4,5)9(3)8(7)2;/h5-6,9-11H,3-4,7-8H2,1-2H3;1-5H3;. The van der Waals surface area contributed by atoms with E-state index in [1.54, 1.807) is 33.4 Å². The molecule has 0 heterocycles. The van der Waals surface area contributed by atoms with Crippen molar-refractivity contribution in [2.45, 2.75) is 77.3 Å². The molecule has 1 atom stereocenters. The zero-order valence-electron chi connectivity index (χ0n) is 17.7. The zero-order chi connectivity index (χ0) is 19.1. The van der Waals surface area contributed by atoms with E-state index in [1.165, 1.54) is 25.7 Å². The quantitative estimate of drug-likeness (QED) is 0.344. The molecule has 1 unspecified atom stereocenters. The van der Waals surface area contributed by atoms with E-state index >= 15 is 0 Å². The molecule has 0 N–H and O–H groups in total. The number of hydrogen-bond donors (Lipinski definition) is 0. The third-order valence-corrected chi connectivity index (χ3v) is 15.2. The summed E-state index contributed by atoms with van der Waals surface area (Å²) in [6.45, 7) is 16.7. The molecule has 0 saturated carbocycles. The first-order valence-corrected chi connectivity index (χ1v) is 13.9. The van der Waals surface area contributed by atoms with Crippen LogP contribution in [0.4, 0.5) is 0 Å². The van der Waals surface area contributed by atoms with E-state index in [9.17, 15) is 0 Å². The Hall–Kier alpha value is -0.690. The van der Waals surface area contributed by atoms with Crippen LogP contribution in [-0.2, 0) is 26.1 Å². The van der Waals surface area contributed by atoms with Gasteiger partial charge in [-0.15, -0.1) is 0 Å². The van der Waals surface area contributed by atoms with Gasteiger partial charge in [0.2, 0.25) is 0 Å². The Morgan fingerprint density at radius 1 is 0.923 bits per heavy atom. The summed E-state index contributed by atoms with van der Waals surface area (Å²) in [6.07, 6.45) is 7.81. The number of rotatable bonds is 6. The minimum absolute atomic E-state index is 0.272. The molecule has 0 saturated heterocycles. The van der Waals surface area contributed by atoms with Gasteiger partial charge < -0.3 is 0 Å². The van der Waals surface area contributed by atoms with Gasteiger partial charge in [0.25, 0.3) is 0 Å². The summed E-state index contributed by atoms with van der Waals surface area (Å²) in [5, 5.41) is 0. The van der Waals surface area contributed by atoms with Gasteiger partial charge >= 0.3 is 173 Å². The summed E-state index contributed by atoms with van der Waals surface area (Å²) in [6, 6.07) is 9.33. The van der Waals surface area contributed by atoms with Crippen LogP contribution in [0.3, 0.4) is 0 Å². The molecule has 0 spiro atoms. The van der Waals surface area contributed by atoms with Crippen molar-refractivity contribution in [2.75, 3.05) is 0 Å². The van der Waals surface area contributed by atoms with Crippen molar-refractivity contribution in [1.29, 1.82) is 0 Å². The third-order valence-electron chi connectivity index (χ3n) is 6.75. The molecule has 2 aliphatic rings. The van der Waals surface area contributed by atoms with Gasteiger partial charge in [-0.05, 0) is 0 Å². The van der Waals surface area contributed by atoms with Gasteiger partial charge in [-0.1, -0.05) is 0 Å². The molecule has 2 aliphatic carbocycles. The van der Waals surface area contributed by atoms with Crippen LogP contribution in [0.5, 0.6) is 0 Å². The zero-order valence-corrected chi connectivity index (χ0v) is 21.3. The molecular weight excluding hydrogens is 479 g/mol. The molecule has 0 fully saturated rings. The normalized spacial score (nSPS) is 24.2. The second-order valence-corrected chi connectivity index (χ2v) is 14.6. The van der Waals surface area contributed by atoms with Crippen molar-refractivity contribution < 1.29 is 22.9 Å². The molecule has 1 aromatic rings. The van der Waals surface area contributed by atoms with Gasteiger partial charge in [0.1, 0.15) is 0 Å². The van der Waals surface area contributed by atoms with Gasteiger partial charge in [-0.25, -0.2) is 0 Å². The van der Waals surface area contributed by atoms with Gasteiger partial charge in [0, 0.05) is 0 Å². The summed E-state index contributed by atoms with van der Waals surface area (Å²) in [7, 11) is 0. The van der Waals surface area contributed by atoms with Crippen LogP contribution in [0.1, 0.15) is 85.3 Å². The maximum absolute atomic E-state index is 2.74. The number of benzene rings is 1. The van der Waals surface area contributed by atoms with Gasteiger partial charge in [-0.2, -0.15) is 0 Å². The molecular formula is C25H34Hf. The number of fused-ring (bicyclic) bond motifs is 1. The van der Waals surface area contributed by atoms with E-state index in [2.05, 4.69) is 78.8 Å². The summed E-state index contributed by atoms with van der Waals surface area (Å²) in [4.78, 5) is 0. The van der Waals surface area contributed by atoms with Gasteiger partial charge in [-0.3, -0.25) is 0 Å². The molecule has 1 aromatic carbocycles. The summed E-state index contributed by atoms with van der Waals surface area (Å²) in [5.41, 5.74) is 9.91. The predicted molar refractivity (Wildman–Crippen MR) is 111 cm³/mol. The Bertz CT molecular complexity index is 803. The van der Waals surface area contributed by atoms with Crippen molar-refractivity contribution in [3.8, 4) is 0 Å². The Labute approximate surface area is 172 Å². The molecule has 0 aromatic heterocycles. The number of hydrogen-bond acceptors (Lipinski definition) is 0. The predicted octanol–water partition coefficient (Wildman–Crippen LogP) is 7.61. The van der Waals surface area contributed by atoms with Crippen LogP contribution in [-0.4, -0.2) is 0 Å². The molecule has 138 valence electrons. The van der Waals surface area contributed by atoms with Crippen LogP contribution in [0.2, 0.25) is 0 Å². The van der Waals surface area contributed by atoms with Crippen LogP contribution in [0, 0.1) is 5.41 Å². The second kappa shape index (κ2) is 7.38. The SMILES string of the molecule is CCCC1=C[C](CCC)([Hf][C]2=C(C)C(C)=C(C)C2(C)C)c2ccccc21. The average Bonchev–Trinajstić information content (AvgIpc) is 2.98.